The lowest BCUT2D eigenvalue weighted by Crippen LogP contribution is -2.22. The molecule has 0 aliphatic rings. The highest BCUT2D eigenvalue weighted by molar-refractivity contribution is 6.31. The van der Waals surface area contributed by atoms with Crippen LogP contribution in [0.5, 0.6) is 0 Å². The number of rotatable bonds is 5. The third-order valence-electron chi connectivity index (χ3n) is 4.41. The molecular weight excluding hydrogens is 378 g/mol. The van der Waals surface area contributed by atoms with Crippen LogP contribution in [0.1, 0.15) is 37.7 Å². The summed E-state index contributed by atoms with van der Waals surface area (Å²) in [5, 5.41) is 7.91. The van der Waals surface area contributed by atoms with E-state index in [9.17, 15) is 9.59 Å². The van der Waals surface area contributed by atoms with Crippen LogP contribution in [0.15, 0.2) is 48.5 Å². The number of benzene rings is 2. The molecule has 0 spiro atoms. The van der Waals surface area contributed by atoms with Gasteiger partial charge in [0.15, 0.2) is 0 Å². The van der Waals surface area contributed by atoms with Crippen LogP contribution < -0.4 is 5.32 Å². The van der Waals surface area contributed by atoms with Gasteiger partial charge in [-0.25, -0.2) is 9.48 Å². The van der Waals surface area contributed by atoms with Crippen molar-refractivity contribution in [3.05, 3.63) is 81.6 Å². The summed E-state index contributed by atoms with van der Waals surface area (Å²) in [4.78, 5) is 23.8. The van der Waals surface area contributed by atoms with Crippen molar-refractivity contribution in [3.63, 3.8) is 0 Å². The molecule has 6 nitrogen and oxygen atoms in total. The highest BCUT2D eigenvalue weighted by Gasteiger charge is 2.12. The van der Waals surface area contributed by atoms with E-state index in [1.165, 1.54) is 7.11 Å². The van der Waals surface area contributed by atoms with Crippen molar-refractivity contribution >= 4 is 23.5 Å². The van der Waals surface area contributed by atoms with Crippen LogP contribution >= 0.6 is 11.6 Å². The summed E-state index contributed by atoms with van der Waals surface area (Å²) in [6.07, 6.45) is 0. The Morgan fingerprint density at radius 1 is 1.04 bits per heavy atom. The molecule has 2 aromatic carbocycles. The Hall–Kier alpha value is -3.12. The van der Waals surface area contributed by atoms with Crippen LogP contribution in [0, 0.1) is 13.8 Å². The van der Waals surface area contributed by atoms with Gasteiger partial charge in [0.25, 0.3) is 5.91 Å². The van der Waals surface area contributed by atoms with Crippen LogP contribution in [0.25, 0.3) is 5.69 Å². The van der Waals surface area contributed by atoms with E-state index in [1.54, 1.807) is 41.1 Å². The van der Waals surface area contributed by atoms with E-state index in [0.717, 1.165) is 22.6 Å². The van der Waals surface area contributed by atoms with Gasteiger partial charge in [-0.15, -0.1) is 0 Å². The van der Waals surface area contributed by atoms with Crippen molar-refractivity contribution in [1.82, 2.24) is 15.1 Å². The van der Waals surface area contributed by atoms with Gasteiger partial charge >= 0.3 is 5.97 Å². The first-order valence-corrected chi connectivity index (χ1v) is 9.06. The van der Waals surface area contributed by atoms with E-state index in [0.29, 0.717) is 22.7 Å². The zero-order valence-corrected chi connectivity index (χ0v) is 16.6. The number of carbonyl (C=O) groups is 2. The highest BCUT2D eigenvalue weighted by atomic mass is 35.5. The molecule has 1 heterocycles. The number of halogens is 1. The quantitative estimate of drug-likeness (QED) is 0.663. The number of amides is 1. The molecule has 7 heteroatoms. The Balaban J connectivity index is 1.65. The van der Waals surface area contributed by atoms with E-state index in [1.807, 2.05) is 26.0 Å². The number of aromatic nitrogens is 2. The van der Waals surface area contributed by atoms with E-state index < -0.39 is 0 Å². The molecule has 3 aromatic rings. The van der Waals surface area contributed by atoms with Crippen LogP contribution in [0.2, 0.25) is 5.02 Å². The first-order chi connectivity index (χ1) is 13.4. The van der Waals surface area contributed by atoms with Crippen molar-refractivity contribution < 1.29 is 14.3 Å². The summed E-state index contributed by atoms with van der Waals surface area (Å²) in [7, 11) is 1.34. The summed E-state index contributed by atoms with van der Waals surface area (Å²) < 4.78 is 6.42. The smallest absolute Gasteiger partial charge is 0.337 e. The number of carbonyl (C=O) groups excluding carboxylic acids is 2. The molecule has 0 aliphatic carbocycles. The first-order valence-electron chi connectivity index (χ1n) is 8.68. The minimum absolute atomic E-state index is 0.185. The van der Waals surface area contributed by atoms with Crippen molar-refractivity contribution in [1.29, 1.82) is 0 Å². The Morgan fingerprint density at radius 3 is 2.18 bits per heavy atom. The average Bonchev–Trinajstić information content (AvgIpc) is 2.99. The monoisotopic (exact) mass is 397 g/mol. The van der Waals surface area contributed by atoms with Gasteiger partial charge in [-0.1, -0.05) is 23.7 Å². The van der Waals surface area contributed by atoms with E-state index >= 15 is 0 Å². The van der Waals surface area contributed by atoms with Gasteiger partial charge < -0.3 is 10.1 Å². The lowest BCUT2D eigenvalue weighted by atomic mass is 10.1. The average molecular weight is 398 g/mol. The molecule has 1 amide bonds. The number of hydrogen-bond donors (Lipinski definition) is 1. The van der Waals surface area contributed by atoms with E-state index in [-0.39, 0.29) is 11.9 Å². The minimum Gasteiger partial charge on any atom is -0.465 e. The van der Waals surface area contributed by atoms with Crippen molar-refractivity contribution in [2.75, 3.05) is 7.11 Å². The second kappa shape index (κ2) is 8.27. The zero-order valence-electron chi connectivity index (χ0n) is 15.8. The Labute approximate surface area is 168 Å². The van der Waals surface area contributed by atoms with Crippen LogP contribution in [0.4, 0.5) is 0 Å². The van der Waals surface area contributed by atoms with Crippen molar-refractivity contribution in [2.24, 2.45) is 0 Å². The van der Waals surface area contributed by atoms with Gasteiger partial charge in [-0.05, 0) is 55.8 Å². The number of ether oxygens (including phenoxy) is 1. The van der Waals surface area contributed by atoms with Crippen LogP contribution in [0.3, 0.4) is 0 Å². The molecule has 144 valence electrons. The third-order valence-corrected chi connectivity index (χ3v) is 4.95. The van der Waals surface area contributed by atoms with Crippen molar-refractivity contribution in [2.45, 2.75) is 20.4 Å². The summed E-state index contributed by atoms with van der Waals surface area (Å²) in [5.41, 5.74) is 4.35. The fraction of sp³-hybridized carbons (Fsp3) is 0.190. The first kappa shape index (κ1) is 19.6. The van der Waals surface area contributed by atoms with Gasteiger partial charge in [0.1, 0.15) is 0 Å². The van der Waals surface area contributed by atoms with E-state index in [4.69, 9.17) is 11.6 Å². The standard InChI is InChI=1S/C21H20ClN3O3/c1-13-19(22)14(2)25(24-13)18-10-8-16(9-11-18)20(26)23-12-15-4-6-17(7-5-15)21(27)28-3/h4-11H,12H2,1-3H3,(H,23,26). The van der Waals surface area contributed by atoms with Gasteiger partial charge in [0.05, 0.1) is 34.8 Å². The fourth-order valence-corrected chi connectivity index (χ4v) is 2.91. The molecule has 0 bridgehead atoms. The topological polar surface area (TPSA) is 73.2 Å². The number of nitrogens with zero attached hydrogens (tertiary/aromatic N) is 2. The number of hydrogen-bond acceptors (Lipinski definition) is 4. The van der Waals surface area contributed by atoms with Crippen LogP contribution in [-0.4, -0.2) is 28.8 Å². The van der Waals surface area contributed by atoms with E-state index in [2.05, 4.69) is 15.2 Å². The summed E-state index contributed by atoms with van der Waals surface area (Å²) in [6, 6.07) is 14.0. The Kier molecular flexibility index (Phi) is 5.80. The largest absolute Gasteiger partial charge is 0.465 e. The summed E-state index contributed by atoms with van der Waals surface area (Å²) in [5.74, 6) is -0.574. The lowest BCUT2D eigenvalue weighted by molar-refractivity contribution is 0.0600. The second-order valence-corrected chi connectivity index (χ2v) is 6.69. The number of esters is 1. The SMILES string of the molecule is COC(=O)c1ccc(CNC(=O)c2ccc(-n3nc(C)c(Cl)c3C)cc2)cc1. The third kappa shape index (κ3) is 4.07. The molecule has 1 N–H and O–H groups in total. The van der Waals surface area contributed by atoms with Gasteiger partial charge in [-0.3, -0.25) is 4.79 Å². The molecule has 1 aromatic heterocycles. The lowest BCUT2D eigenvalue weighted by Gasteiger charge is -2.08. The normalized spacial score (nSPS) is 10.6. The molecule has 0 aliphatic heterocycles. The molecular formula is C21H20ClN3O3. The molecule has 28 heavy (non-hydrogen) atoms. The van der Waals surface area contributed by atoms with Gasteiger partial charge in [-0.2, -0.15) is 5.10 Å². The maximum atomic E-state index is 12.4. The second-order valence-electron chi connectivity index (χ2n) is 6.31. The zero-order chi connectivity index (χ0) is 20.3. The molecule has 0 saturated heterocycles. The number of aryl methyl sites for hydroxylation is 1. The predicted octanol–water partition coefficient (Wildman–Crippen LogP) is 3.86. The molecule has 0 unspecified atom stereocenters. The van der Waals surface area contributed by atoms with Gasteiger partial charge in [0, 0.05) is 12.1 Å². The summed E-state index contributed by atoms with van der Waals surface area (Å²) >= 11 is 6.19. The Bertz CT molecular complexity index is 1010. The fourth-order valence-electron chi connectivity index (χ4n) is 2.79. The van der Waals surface area contributed by atoms with Crippen LogP contribution in [-0.2, 0) is 11.3 Å². The molecule has 0 fully saturated rings. The number of methoxy groups -OCH3 is 1. The van der Waals surface area contributed by atoms with Crippen molar-refractivity contribution in [3.8, 4) is 5.69 Å². The number of nitrogens with one attached hydrogen (secondary N) is 1. The van der Waals surface area contributed by atoms with Gasteiger partial charge in [0.2, 0.25) is 0 Å². The predicted molar refractivity (Wildman–Crippen MR) is 107 cm³/mol. The molecule has 0 atom stereocenters. The summed E-state index contributed by atoms with van der Waals surface area (Å²) in [6.45, 7) is 4.11. The highest BCUT2D eigenvalue weighted by Crippen LogP contribution is 2.22. The minimum atomic E-state index is -0.389. The maximum absolute atomic E-state index is 12.4. The molecule has 3 rings (SSSR count). The maximum Gasteiger partial charge on any atom is 0.337 e. The molecule has 0 radical (unpaired) electrons. The molecule has 0 saturated carbocycles. The Morgan fingerprint density at radius 2 is 1.64 bits per heavy atom.